The van der Waals surface area contributed by atoms with Gasteiger partial charge in [-0.1, -0.05) is 103 Å². The number of nitrogens with zero attached hydrogens (tertiary/aromatic N) is 1. The number of nitrogens with one attached hydrogen (secondary N) is 2. The molecule has 0 aliphatic carbocycles. The van der Waals surface area contributed by atoms with Gasteiger partial charge in [-0.3, -0.25) is 14.5 Å². The highest BCUT2D eigenvalue weighted by atomic mass is 16.6. The van der Waals surface area contributed by atoms with E-state index in [4.69, 9.17) is 4.74 Å². The van der Waals surface area contributed by atoms with Gasteiger partial charge in [-0.15, -0.1) is 0 Å². The smallest absolute Gasteiger partial charge is 0.411 e. The summed E-state index contributed by atoms with van der Waals surface area (Å²) < 4.78 is 5.79. The Morgan fingerprint density at radius 3 is 2.00 bits per heavy atom. The van der Waals surface area contributed by atoms with Crippen LogP contribution in [-0.2, 0) is 27.3 Å². The van der Waals surface area contributed by atoms with Crippen molar-refractivity contribution >= 4 is 23.6 Å². The van der Waals surface area contributed by atoms with Crippen LogP contribution in [0.1, 0.15) is 41.3 Å². The number of amides is 3. The Balaban J connectivity index is 1.35. The SMILES string of the molecule is CC(NC(=O)C1C(c2ccc(NC(=O)Cc3ccccc3)cc2)OC(=O)N1Cc1ccccc1)c1ccccc1. The largest absolute Gasteiger partial charge is 0.438 e. The van der Waals surface area contributed by atoms with E-state index in [9.17, 15) is 14.4 Å². The molecular weight excluding hydrogens is 502 g/mol. The average Bonchev–Trinajstić information content (AvgIpc) is 3.30. The Kier molecular flexibility index (Phi) is 8.21. The molecule has 0 aromatic heterocycles. The molecule has 40 heavy (non-hydrogen) atoms. The van der Waals surface area contributed by atoms with Crippen LogP contribution in [0.4, 0.5) is 10.5 Å². The fourth-order valence-corrected chi connectivity index (χ4v) is 4.86. The number of rotatable bonds is 9. The lowest BCUT2D eigenvalue weighted by molar-refractivity contribution is -0.127. The zero-order valence-corrected chi connectivity index (χ0v) is 22.2. The molecule has 0 bridgehead atoms. The van der Waals surface area contributed by atoms with E-state index >= 15 is 0 Å². The van der Waals surface area contributed by atoms with E-state index in [0.29, 0.717) is 11.3 Å². The Bertz CT molecular complexity index is 1440. The first-order valence-electron chi connectivity index (χ1n) is 13.3. The Morgan fingerprint density at radius 1 is 0.800 bits per heavy atom. The van der Waals surface area contributed by atoms with Crippen molar-refractivity contribution in [2.75, 3.05) is 5.32 Å². The Hall–Kier alpha value is -4.91. The molecule has 0 saturated carbocycles. The van der Waals surface area contributed by atoms with Gasteiger partial charge in [0.2, 0.25) is 11.8 Å². The molecule has 2 N–H and O–H groups in total. The van der Waals surface area contributed by atoms with Crippen molar-refractivity contribution < 1.29 is 19.1 Å². The highest BCUT2D eigenvalue weighted by Crippen LogP contribution is 2.35. The molecule has 3 unspecified atom stereocenters. The van der Waals surface area contributed by atoms with Crippen molar-refractivity contribution in [1.29, 1.82) is 0 Å². The summed E-state index contributed by atoms with van der Waals surface area (Å²) in [6.07, 6.45) is -1.10. The van der Waals surface area contributed by atoms with Crippen molar-refractivity contribution in [2.45, 2.75) is 38.1 Å². The van der Waals surface area contributed by atoms with Crippen LogP contribution in [0.25, 0.3) is 0 Å². The minimum absolute atomic E-state index is 0.132. The minimum atomic E-state index is -0.877. The van der Waals surface area contributed by atoms with E-state index in [1.807, 2.05) is 97.9 Å². The van der Waals surface area contributed by atoms with Gasteiger partial charge >= 0.3 is 6.09 Å². The van der Waals surface area contributed by atoms with Gasteiger partial charge in [-0.25, -0.2) is 4.79 Å². The van der Waals surface area contributed by atoms with Crippen LogP contribution in [0.15, 0.2) is 115 Å². The number of cyclic esters (lactones) is 1. The van der Waals surface area contributed by atoms with Gasteiger partial charge in [-0.2, -0.15) is 0 Å². The van der Waals surface area contributed by atoms with Gasteiger partial charge in [0.15, 0.2) is 12.1 Å². The topological polar surface area (TPSA) is 87.7 Å². The third-order valence-corrected chi connectivity index (χ3v) is 6.94. The third kappa shape index (κ3) is 6.38. The van der Waals surface area contributed by atoms with Gasteiger partial charge in [-0.05, 0) is 41.3 Å². The van der Waals surface area contributed by atoms with Crippen molar-refractivity contribution in [3.63, 3.8) is 0 Å². The molecule has 7 heteroatoms. The molecule has 1 aliphatic rings. The minimum Gasteiger partial charge on any atom is -0.438 e. The quantitative estimate of drug-likeness (QED) is 0.284. The standard InChI is InChI=1S/C33H31N3O4/c1-23(26-15-9-4-10-16-26)34-32(38)30-31(40-33(39)36(30)22-25-13-7-3-8-14-25)27-17-19-28(20-18-27)35-29(37)21-24-11-5-2-6-12-24/h2-20,23,30-31H,21-22H2,1H3,(H,34,38)(H,35,37). The molecule has 1 heterocycles. The number of ether oxygens (including phenoxy) is 1. The zero-order valence-electron chi connectivity index (χ0n) is 22.2. The summed E-state index contributed by atoms with van der Waals surface area (Å²) in [6.45, 7) is 2.15. The van der Waals surface area contributed by atoms with Crippen LogP contribution in [-0.4, -0.2) is 28.8 Å². The summed E-state index contributed by atoms with van der Waals surface area (Å²) in [5.41, 5.74) is 4.06. The molecule has 4 aromatic carbocycles. The number of benzene rings is 4. The lowest BCUT2D eigenvalue weighted by atomic mass is 9.99. The molecule has 7 nitrogen and oxygen atoms in total. The maximum Gasteiger partial charge on any atom is 0.411 e. The molecule has 0 spiro atoms. The van der Waals surface area contributed by atoms with E-state index in [1.54, 1.807) is 24.3 Å². The molecule has 0 radical (unpaired) electrons. The van der Waals surface area contributed by atoms with Crippen molar-refractivity contribution in [3.05, 3.63) is 138 Å². The zero-order chi connectivity index (χ0) is 27.9. The second kappa shape index (κ2) is 12.3. The molecule has 5 rings (SSSR count). The van der Waals surface area contributed by atoms with Crippen LogP contribution in [0.2, 0.25) is 0 Å². The Labute approximate surface area is 233 Å². The molecule has 1 saturated heterocycles. The first-order chi connectivity index (χ1) is 19.5. The molecular formula is C33H31N3O4. The number of carbonyl (C=O) groups excluding carboxylic acids is 3. The van der Waals surface area contributed by atoms with Crippen LogP contribution >= 0.6 is 0 Å². The van der Waals surface area contributed by atoms with Crippen molar-refractivity contribution in [3.8, 4) is 0 Å². The fourth-order valence-electron chi connectivity index (χ4n) is 4.86. The maximum absolute atomic E-state index is 13.7. The van der Waals surface area contributed by atoms with Crippen LogP contribution < -0.4 is 10.6 Å². The Morgan fingerprint density at radius 2 is 1.38 bits per heavy atom. The lowest BCUT2D eigenvalue weighted by Crippen LogP contribution is -2.46. The van der Waals surface area contributed by atoms with E-state index in [-0.39, 0.29) is 30.8 Å². The van der Waals surface area contributed by atoms with Crippen LogP contribution in [0.5, 0.6) is 0 Å². The summed E-state index contributed by atoms with van der Waals surface area (Å²) in [5, 5.41) is 5.97. The molecule has 1 fully saturated rings. The maximum atomic E-state index is 13.7. The number of hydrogen-bond acceptors (Lipinski definition) is 4. The number of hydrogen-bond donors (Lipinski definition) is 2. The van der Waals surface area contributed by atoms with E-state index in [0.717, 1.165) is 16.7 Å². The van der Waals surface area contributed by atoms with Gasteiger partial charge in [0.05, 0.1) is 19.0 Å². The second-order valence-electron chi connectivity index (χ2n) is 9.84. The van der Waals surface area contributed by atoms with E-state index in [1.165, 1.54) is 4.90 Å². The van der Waals surface area contributed by atoms with Crippen molar-refractivity contribution in [1.82, 2.24) is 10.2 Å². The average molecular weight is 534 g/mol. The lowest BCUT2D eigenvalue weighted by Gasteiger charge is -2.26. The molecule has 4 aromatic rings. The second-order valence-corrected chi connectivity index (χ2v) is 9.84. The highest BCUT2D eigenvalue weighted by Gasteiger charge is 2.47. The van der Waals surface area contributed by atoms with E-state index < -0.39 is 18.2 Å². The number of carbonyl (C=O) groups is 3. The monoisotopic (exact) mass is 533 g/mol. The first kappa shape index (κ1) is 26.7. The van der Waals surface area contributed by atoms with Gasteiger partial charge in [0, 0.05) is 5.69 Å². The molecule has 1 aliphatic heterocycles. The molecule has 202 valence electrons. The summed E-state index contributed by atoms with van der Waals surface area (Å²) >= 11 is 0. The molecule has 3 atom stereocenters. The number of anilines is 1. The summed E-state index contributed by atoms with van der Waals surface area (Å²) in [6, 6.07) is 34.6. The summed E-state index contributed by atoms with van der Waals surface area (Å²) in [5.74, 6) is -0.434. The fraction of sp³-hybridized carbons (Fsp3) is 0.182. The molecule has 3 amide bonds. The van der Waals surface area contributed by atoms with Crippen molar-refractivity contribution in [2.24, 2.45) is 0 Å². The highest BCUT2D eigenvalue weighted by molar-refractivity contribution is 5.92. The van der Waals surface area contributed by atoms with Crippen LogP contribution in [0.3, 0.4) is 0 Å². The summed E-state index contributed by atoms with van der Waals surface area (Å²) in [4.78, 5) is 40.8. The predicted octanol–water partition coefficient (Wildman–Crippen LogP) is 5.81. The van der Waals surface area contributed by atoms with Gasteiger partial charge in [0.1, 0.15) is 0 Å². The van der Waals surface area contributed by atoms with Gasteiger partial charge in [0.25, 0.3) is 0 Å². The normalized spacial score (nSPS) is 17.1. The summed E-state index contributed by atoms with van der Waals surface area (Å²) in [7, 11) is 0. The van der Waals surface area contributed by atoms with Gasteiger partial charge < -0.3 is 15.4 Å². The van der Waals surface area contributed by atoms with Crippen LogP contribution in [0, 0.1) is 0 Å². The first-order valence-corrected chi connectivity index (χ1v) is 13.3. The van der Waals surface area contributed by atoms with E-state index in [2.05, 4.69) is 10.6 Å². The predicted molar refractivity (Wildman–Crippen MR) is 153 cm³/mol. The third-order valence-electron chi connectivity index (χ3n) is 6.94.